The molecule has 150 valence electrons. The molecule has 0 saturated carbocycles. The molecule has 0 amide bonds. The highest BCUT2D eigenvalue weighted by molar-refractivity contribution is 5.91. The van der Waals surface area contributed by atoms with Crippen LogP contribution in [0.2, 0.25) is 0 Å². The Labute approximate surface area is 169 Å². The van der Waals surface area contributed by atoms with Crippen LogP contribution in [-0.4, -0.2) is 51.9 Å². The number of fused-ring (bicyclic) bond motifs is 1. The van der Waals surface area contributed by atoms with Gasteiger partial charge in [0, 0.05) is 36.0 Å². The van der Waals surface area contributed by atoms with Crippen molar-refractivity contribution in [3.63, 3.8) is 0 Å². The van der Waals surface area contributed by atoms with Crippen LogP contribution in [0.25, 0.3) is 22.3 Å². The van der Waals surface area contributed by atoms with E-state index in [2.05, 4.69) is 20.3 Å². The van der Waals surface area contributed by atoms with Crippen molar-refractivity contribution in [3.8, 4) is 23.2 Å². The lowest BCUT2D eigenvalue weighted by molar-refractivity contribution is 0.0161. The van der Waals surface area contributed by atoms with E-state index in [1.54, 1.807) is 6.20 Å². The SMILES string of the molecule is Cc1cc(-c2nc(C#N)nc3c2ccn3C)cnc1OCCOC1CCNCC1. The van der Waals surface area contributed by atoms with Gasteiger partial charge in [-0.25, -0.2) is 15.0 Å². The summed E-state index contributed by atoms with van der Waals surface area (Å²) in [6.45, 7) is 4.99. The average molecular weight is 392 g/mol. The second kappa shape index (κ2) is 8.55. The summed E-state index contributed by atoms with van der Waals surface area (Å²) in [5.74, 6) is 0.726. The first-order valence-corrected chi connectivity index (χ1v) is 9.81. The summed E-state index contributed by atoms with van der Waals surface area (Å²) < 4.78 is 13.6. The topological polar surface area (TPSA) is 97.9 Å². The number of nitriles is 1. The number of aromatic nitrogens is 4. The molecule has 0 spiro atoms. The summed E-state index contributed by atoms with van der Waals surface area (Å²) in [7, 11) is 1.90. The maximum absolute atomic E-state index is 9.27. The zero-order valence-corrected chi connectivity index (χ0v) is 16.7. The Kier molecular flexibility index (Phi) is 5.69. The second-order valence-electron chi connectivity index (χ2n) is 7.19. The van der Waals surface area contributed by atoms with Crippen molar-refractivity contribution in [3.05, 3.63) is 35.9 Å². The van der Waals surface area contributed by atoms with Gasteiger partial charge >= 0.3 is 0 Å². The molecule has 1 saturated heterocycles. The fourth-order valence-electron chi connectivity index (χ4n) is 3.56. The summed E-state index contributed by atoms with van der Waals surface area (Å²) in [6, 6.07) is 5.96. The molecular formula is C21H24N6O2. The normalized spacial score (nSPS) is 14.8. The first-order chi connectivity index (χ1) is 14.2. The zero-order valence-electron chi connectivity index (χ0n) is 16.7. The van der Waals surface area contributed by atoms with Crippen molar-refractivity contribution in [2.24, 2.45) is 7.05 Å². The highest BCUT2D eigenvalue weighted by atomic mass is 16.5. The molecule has 0 atom stereocenters. The molecule has 1 fully saturated rings. The van der Waals surface area contributed by atoms with E-state index in [4.69, 9.17) is 9.47 Å². The van der Waals surface area contributed by atoms with E-state index in [1.807, 2.05) is 42.9 Å². The molecule has 3 aromatic rings. The molecular weight excluding hydrogens is 368 g/mol. The second-order valence-corrected chi connectivity index (χ2v) is 7.19. The Morgan fingerprint density at radius 2 is 2.10 bits per heavy atom. The maximum atomic E-state index is 9.27. The summed E-state index contributed by atoms with van der Waals surface area (Å²) >= 11 is 0. The van der Waals surface area contributed by atoms with Gasteiger partial charge in [0.25, 0.3) is 0 Å². The number of hydrogen-bond acceptors (Lipinski definition) is 7. The Bertz CT molecular complexity index is 1050. The van der Waals surface area contributed by atoms with E-state index in [-0.39, 0.29) is 5.82 Å². The van der Waals surface area contributed by atoms with Gasteiger partial charge < -0.3 is 19.4 Å². The van der Waals surface area contributed by atoms with Crippen molar-refractivity contribution < 1.29 is 9.47 Å². The molecule has 0 aliphatic carbocycles. The van der Waals surface area contributed by atoms with Crippen LogP contribution < -0.4 is 10.1 Å². The van der Waals surface area contributed by atoms with E-state index >= 15 is 0 Å². The van der Waals surface area contributed by atoms with E-state index in [1.165, 1.54) is 0 Å². The fourth-order valence-corrected chi connectivity index (χ4v) is 3.56. The van der Waals surface area contributed by atoms with Crippen LogP contribution in [0.1, 0.15) is 24.2 Å². The number of ether oxygens (including phenoxy) is 2. The van der Waals surface area contributed by atoms with E-state index in [0.717, 1.165) is 48.1 Å². The maximum Gasteiger partial charge on any atom is 0.234 e. The third-order valence-corrected chi connectivity index (χ3v) is 5.09. The van der Waals surface area contributed by atoms with Gasteiger partial charge in [0.15, 0.2) is 0 Å². The number of hydrogen-bond donors (Lipinski definition) is 1. The van der Waals surface area contributed by atoms with Crippen LogP contribution in [0, 0.1) is 18.3 Å². The van der Waals surface area contributed by atoms with Crippen molar-refractivity contribution in [1.82, 2.24) is 24.8 Å². The minimum absolute atomic E-state index is 0.141. The number of rotatable bonds is 6. The van der Waals surface area contributed by atoms with Gasteiger partial charge in [-0.05, 0) is 45.0 Å². The first-order valence-electron chi connectivity index (χ1n) is 9.81. The molecule has 4 rings (SSSR count). The van der Waals surface area contributed by atoms with Gasteiger partial charge in [-0.3, -0.25) is 0 Å². The van der Waals surface area contributed by atoms with Gasteiger partial charge in [-0.15, -0.1) is 0 Å². The van der Waals surface area contributed by atoms with Crippen LogP contribution in [0.15, 0.2) is 24.5 Å². The molecule has 0 unspecified atom stereocenters. The third-order valence-electron chi connectivity index (χ3n) is 5.09. The highest BCUT2D eigenvalue weighted by Crippen LogP contribution is 2.28. The van der Waals surface area contributed by atoms with Crippen LogP contribution in [0.4, 0.5) is 0 Å². The molecule has 0 aromatic carbocycles. The molecule has 29 heavy (non-hydrogen) atoms. The van der Waals surface area contributed by atoms with Gasteiger partial charge in [0.1, 0.15) is 18.3 Å². The quantitative estimate of drug-likeness (QED) is 0.643. The lowest BCUT2D eigenvalue weighted by Crippen LogP contribution is -2.33. The Morgan fingerprint density at radius 1 is 1.28 bits per heavy atom. The van der Waals surface area contributed by atoms with E-state index in [9.17, 15) is 5.26 Å². The number of piperidine rings is 1. The zero-order chi connectivity index (χ0) is 20.2. The lowest BCUT2D eigenvalue weighted by atomic mass is 10.1. The molecule has 1 aliphatic heterocycles. The Hall–Kier alpha value is -3.02. The first kappa shape index (κ1) is 19.3. The minimum atomic E-state index is 0.141. The predicted octanol–water partition coefficient (Wildman–Crippen LogP) is 2.36. The van der Waals surface area contributed by atoms with E-state index < -0.39 is 0 Å². The van der Waals surface area contributed by atoms with Crippen LogP contribution in [0.3, 0.4) is 0 Å². The third kappa shape index (κ3) is 4.21. The van der Waals surface area contributed by atoms with Gasteiger partial charge in [0.05, 0.1) is 18.4 Å². The minimum Gasteiger partial charge on any atom is -0.475 e. The van der Waals surface area contributed by atoms with Crippen molar-refractivity contribution >= 4 is 11.0 Å². The van der Waals surface area contributed by atoms with Gasteiger partial charge in [-0.2, -0.15) is 5.26 Å². The number of aryl methyl sites for hydroxylation is 2. The standard InChI is InChI=1S/C21H24N6O2/c1-14-11-15(19-17-5-8-27(2)20(17)26-18(12-22)25-19)13-24-21(14)29-10-9-28-16-3-6-23-7-4-16/h5,8,11,13,16,23H,3-4,6-7,9-10H2,1-2H3. The predicted molar refractivity (Wildman–Crippen MR) is 109 cm³/mol. The fraction of sp³-hybridized carbons (Fsp3) is 0.429. The molecule has 0 bridgehead atoms. The number of nitrogens with zero attached hydrogens (tertiary/aromatic N) is 5. The molecule has 3 aromatic heterocycles. The van der Waals surface area contributed by atoms with Crippen LogP contribution >= 0.6 is 0 Å². The molecule has 1 aliphatic rings. The summed E-state index contributed by atoms with van der Waals surface area (Å²) in [5, 5.41) is 13.5. The Morgan fingerprint density at radius 3 is 2.86 bits per heavy atom. The number of nitrogens with one attached hydrogen (secondary N) is 1. The smallest absolute Gasteiger partial charge is 0.234 e. The Balaban J connectivity index is 1.47. The van der Waals surface area contributed by atoms with Gasteiger partial charge in [-0.1, -0.05) is 0 Å². The molecule has 0 radical (unpaired) electrons. The van der Waals surface area contributed by atoms with Gasteiger partial charge in [0.2, 0.25) is 11.7 Å². The monoisotopic (exact) mass is 392 g/mol. The van der Waals surface area contributed by atoms with E-state index in [0.29, 0.717) is 30.9 Å². The van der Waals surface area contributed by atoms with Crippen molar-refractivity contribution in [1.29, 1.82) is 5.26 Å². The van der Waals surface area contributed by atoms with Crippen molar-refractivity contribution in [2.45, 2.75) is 25.9 Å². The summed E-state index contributed by atoms with van der Waals surface area (Å²) in [4.78, 5) is 13.2. The highest BCUT2D eigenvalue weighted by Gasteiger charge is 2.15. The largest absolute Gasteiger partial charge is 0.475 e. The van der Waals surface area contributed by atoms with Crippen LogP contribution in [-0.2, 0) is 11.8 Å². The number of pyridine rings is 1. The summed E-state index contributed by atoms with van der Waals surface area (Å²) in [6.07, 6.45) is 6.04. The molecule has 8 heteroatoms. The average Bonchev–Trinajstić information content (AvgIpc) is 3.13. The molecule has 4 heterocycles. The summed E-state index contributed by atoms with van der Waals surface area (Å²) in [5.41, 5.74) is 3.16. The van der Waals surface area contributed by atoms with Crippen LogP contribution in [0.5, 0.6) is 5.88 Å². The van der Waals surface area contributed by atoms with Crippen molar-refractivity contribution in [2.75, 3.05) is 26.3 Å². The lowest BCUT2D eigenvalue weighted by Gasteiger charge is -2.22. The molecule has 8 nitrogen and oxygen atoms in total. The molecule has 1 N–H and O–H groups in total.